The number of amides is 1. The molecule has 19 heavy (non-hydrogen) atoms. The van der Waals surface area contributed by atoms with Crippen molar-refractivity contribution >= 4 is 17.7 Å². The zero-order chi connectivity index (χ0) is 14.3. The fraction of sp³-hybridized carbons (Fsp3) is 0.357. The van der Waals surface area contributed by atoms with Crippen molar-refractivity contribution in [3.8, 4) is 0 Å². The van der Waals surface area contributed by atoms with Crippen molar-refractivity contribution in [2.24, 2.45) is 5.92 Å². The van der Waals surface area contributed by atoms with E-state index in [0.717, 1.165) is 0 Å². The lowest BCUT2D eigenvalue weighted by Gasteiger charge is -2.12. The van der Waals surface area contributed by atoms with Gasteiger partial charge in [-0.05, 0) is 18.6 Å². The number of carbonyl (C=O) groups is 3. The Bertz CT molecular complexity index is 456. The van der Waals surface area contributed by atoms with E-state index in [1.165, 1.54) is 0 Å². The van der Waals surface area contributed by atoms with Gasteiger partial charge in [-0.2, -0.15) is 0 Å². The number of carboxylic acids is 1. The molecule has 0 aliphatic heterocycles. The fourth-order valence-electron chi connectivity index (χ4n) is 1.65. The first kappa shape index (κ1) is 14.9. The van der Waals surface area contributed by atoms with Crippen LogP contribution in [0.2, 0.25) is 0 Å². The summed E-state index contributed by atoms with van der Waals surface area (Å²) in [4.78, 5) is 34.3. The molecule has 0 spiro atoms. The summed E-state index contributed by atoms with van der Waals surface area (Å²) in [5.74, 6) is -3.11. The number of aliphatic carboxylic acids is 1. The number of ketones is 1. The first-order chi connectivity index (χ1) is 9.06. The summed E-state index contributed by atoms with van der Waals surface area (Å²) in [7, 11) is 0. The van der Waals surface area contributed by atoms with Gasteiger partial charge in [-0.25, -0.2) is 0 Å². The normalized spacial score (nSPS) is 11.6. The molecule has 0 fully saturated rings. The highest BCUT2D eigenvalue weighted by Crippen LogP contribution is 2.05. The van der Waals surface area contributed by atoms with Crippen LogP contribution in [0.1, 0.15) is 30.1 Å². The number of Topliss-reactive ketones (excluding diaryl/α,β-unsaturated/α-hetero) is 1. The highest BCUT2D eigenvalue weighted by atomic mass is 16.4. The average molecular weight is 263 g/mol. The minimum Gasteiger partial charge on any atom is -0.481 e. The maximum Gasteiger partial charge on any atom is 0.315 e. The van der Waals surface area contributed by atoms with E-state index in [2.05, 4.69) is 5.32 Å². The van der Waals surface area contributed by atoms with Crippen LogP contribution in [-0.4, -0.2) is 29.3 Å². The lowest BCUT2D eigenvalue weighted by molar-refractivity contribution is -0.146. The predicted molar refractivity (Wildman–Crippen MR) is 69.8 cm³/mol. The molecule has 0 saturated carbocycles. The number of benzene rings is 1. The fourth-order valence-corrected chi connectivity index (χ4v) is 1.65. The lowest BCUT2D eigenvalue weighted by Crippen LogP contribution is -2.37. The first-order valence-corrected chi connectivity index (χ1v) is 6.15. The van der Waals surface area contributed by atoms with Gasteiger partial charge < -0.3 is 10.4 Å². The molecule has 0 heterocycles. The topological polar surface area (TPSA) is 83.5 Å². The molecular formula is C14H17NO4. The molecule has 102 valence electrons. The minimum absolute atomic E-state index is 0.179. The molecule has 1 atom stereocenters. The molecule has 5 heteroatoms. The number of hydrogen-bond acceptors (Lipinski definition) is 3. The van der Waals surface area contributed by atoms with E-state index in [1.807, 2.05) is 0 Å². The average Bonchev–Trinajstić information content (AvgIpc) is 2.39. The highest BCUT2D eigenvalue weighted by molar-refractivity contribution is 6.00. The van der Waals surface area contributed by atoms with Crippen LogP contribution >= 0.6 is 0 Å². The largest absolute Gasteiger partial charge is 0.481 e. The molecule has 5 nitrogen and oxygen atoms in total. The Kier molecular flexibility index (Phi) is 5.73. The molecule has 0 aliphatic carbocycles. The lowest BCUT2D eigenvalue weighted by atomic mass is 10.0. The molecular weight excluding hydrogens is 246 g/mol. The number of nitrogens with one attached hydrogen (secondary N) is 1. The zero-order valence-electron chi connectivity index (χ0n) is 10.8. The number of carbonyl (C=O) groups excluding carboxylic acids is 2. The van der Waals surface area contributed by atoms with Crippen molar-refractivity contribution in [3.05, 3.63) is 35.9 Å². The molecule has 1 aromatic rings. The Balaban J connectivity index is 2.60. The molecule has 1 rings (SSSR count). The summed E-state index contributed by atoms with van der Waals surface area (Å²) in [5.41, 5.74) is 0.439. The zero-order valence-corrected chi connectivity index (χ0v) is 10.8. The Morgan fingerprint density at radius 2 is 1.84 bits per heavy atom. The van der Waals surface area contributed by atoms with Crippen LogP contribution in [-0.2, 0) is 9.59 Å². The maximum atomic E-state index is 11.7. The van der Waals surface area contributed by atoms with Crippen LogP contribution in [0.4, 0.5) is 0 Å². The van der Waals surface area contributed by atoms with E-state index in [0.29, 0.717) is 12.0 Å². The van der Waals surface area contributed by atoms with Crippen molar-refractivity contribution in [2.45, 2.75) is 19.8 Å². The summed E-state index contributed by atoms with van der Waals surface area (Å²) in [6.45, 7) is 1.63. The van der Waals surface area contributed by atoms with E-state index in [-0.39, 0.29) is 24.7 Å². The second-order valence-corrected chi connectivity index (χ2v) is 4.18. The van der Waals surface area contributed by atoms with Gasteiger partial charge in [0, 0.05) is 18.5 Å². The summed E-state index contributed by atoms with van der Waals surface area (Å²) >= 11 is 0. The Morgan fingerprint density at radius 3 is 2.37 bits per heavy atom. The second kappa shape index (κ2) is 7.31. The van der Waals surface area contributed by atoms with Crippen molar-refractivity contribution in [2.75, 3.05) is 6.54 Å². The molecule has 1 amide bonds. The highest BCUT2D eigenvalue weighted by Gasteiger charge is 2.25. The van der Waals surface area contributed by atoms with Gasteiger partial charge in [0.05, 0.1) is 0 Å². The van der Waals surface area contributed by atoms with E-state index in [9.17, 15) is 14.4 Å². The number of carboxylic acid groups (broad SMARTS) is 1. The third-order valence-electron chi connectivity index (χ3n) is 2.69. The monoisotopic (exact) mass is 263 g/mol. The summed E-state index contributed by atoms with van der Waals surface area (Å²) in [5, 5.41) is 11.5. The van der Waals surface area contributed by atoms with Crippen LogP contribution in [0, 0.1) is 5.92 Å². The van der Waals surface area contributed by atoms with Crippen molar-refractivity contribution in [1.29, 1.82) is 0 Å². The molecule has 0 bridgehead atoms. The SMILES string of the molecule is CCCC(=O)C(CNC(=O)c1ccccc1)C(=O)O. The Labute approximate surface area is 111 Å². The molecule has 0 aromatic heterocycles. The van der Waals surface area contributed by atoms with Gasteiger partial charge >= 0.3 is 5.97 Å². The van der Waals surface area contributed by atoms with Crippen molar-refractivity contribution in [1.82, 2.24) is 5.32 Å². The van der Waals surface area contributed by atoms with E-state index < -0.39 is 11.9 Å². The van der Waals surface area contributed by atoms with Gasteiger partial charge in [0.2, 0.25) is 0 Å². The molecule has 1 unspecified atom stereocenters. The van der Waals surface area contributed by atoms with Crippen LogP contribution in [0.15, 0.2) is 30.3 Å². The van der Waals surface area contributed by atoms with Crippen molar-refractivity contribution in [3.63, 3.8) is 0 Å². The summed E-state index contributed by atoms with van der Waals surface area (Å²) in [6, 6.07) is 8.46. The van der Waals surface area contributed by atoms with Gasteiger partial charge in [0.1, 0.15) is 11.7 Å². The molecule has 0 aliphatic rings. The number of rotatable bonds is 7. The molecule has 0 radical (unpaired) electrons. The first-order valence-electron chi connectivity index (χ1n) is 6.15. The maximum absolute atomic E-state index is 11.7. The Hall–Kier alpha value is -2.17. The summed E-state index contributed by atoms with van der Waals surface area (Å²) < 4.78 is 0. The number of hydrogen-bond donors (Lipinski definition) is 2. The minimum atomic E-state index is -1.20. The van der Waals surface area contributed by atoms with Gasteiger partial charge in [0.15, 0.2) is 0 Å². The quantitative estimate of drug-likeness (QED) is 0.730. The van der Waals surface area contributed by atoms with Gasteiger partial charge in [-0.1, -0.05) is 25.1 Å². The van der Waals surface area contributed by atoms with Crippen LogP contribution < -0.4 is 5.32 Å². The van der Waals surface area contributed by atoms with E-state index >= 15 is 0 Å². The molecule has 2 N–H and O–H groups in total. The van der Waals surface area contributed by atoms with Crippen LogP contribution in [0.5, 0.6) is 0 Å². The van der Waals surface area contributed by atoms with Crippen LogP contribution in [0.25, 0.3) is 0 Å². The predicted octanol–water partition coefficient (Wildman–Crippen LogP) is 1.49. The molecule has 0 saturated heterocycles. The van der Waals surface area contributed by atoms with Gasteiger partial charge in [0.25, 0.3) is 5.91 Å². The third kappa shape index (κ3) is 4.54. The summed E-state index contributed by atoms with van der Waals surface area (Å²) in [6.07, 6.45) is 0.799. The van der Waals surface area contributed by atoms with E-state index in [1.54, 1.807) is 37.3 Å². The van der Waals surface area contributed by atoms with Crippen molar-refractivity contribution < 1.29 is 19.5 Å². The van der Waals surface area contributed by atoms with E-state index in [4.69, 9.17) is 5.11 Å². The van der Waals surface area contributed by atoms with Gasteiger partial charge in [-0.3, -0.25) is 14.4 Å². The second-order valence-electron chi connectivity index (χ2n) is 4.18. The van der Waals surface area contributed by atoms with Crippen LogP contribution in [0.3, 0.4) is 0 Å². The van der Waals surface area contributed by atoms with Gasteiger partial charge in [-0.15, -0.1) is 0 Å². The molecule has 1 aromatic carbocycles. The Morgan fingerprint density at radius 1 is 1.21 bits per heavy atom. The third-order valence-corrected chi connectivity index (χ3v) is 2.69. The smallest absolute Gasteiger partial charge is 0.315 e. The standard InChI is InChI=1S/C14H17NO4/c1-2-6-12(16)11(14(18)19)9-15-13(17)10-7-4-3-5-8-10/h3-5,7-8,11H,2,6,9H2,1H3,(H,15,17)(H,18,19).